The van der Waals surface area contributed by atoms with E-state index in [2.05, 4.69) is 27.3 Å². The molecule has 0 radical (unpaired) electrons. The molecule has 8 nitrogen and oxygen atoms in total. The Morgan fingerprint density at radius 1 is 1.19 bits per heavy atom. The number of pyridine rings is 1. The monoisotopic (exact) mass is 426 g/mol. The number of aryl methyl sites for hydroxylation is 2. The molecule has 0 aliphatic carbocycles. The van der Waals surface area contributed by atoms with E-state index in [9.17, 15) is 14.0 Å². The Morgan fingerprint density at radius 2 is 1.90 bits per heavy atom. The highest BCUT2D eigenvalue weighted by molar-refractivity contribution is 5.94. The minimum atomic E-state index is -0.436. The third-order valence-electron chi connectivity index (χ3n) is 5.91. The van der Waals surface area contributed by atoms with Crippen molar-refractivity contribution in [3.05, 3.63) is 57.3 Å². The highest BCUT2D eigenvalue weighted by atomic mass is 19.1. The second-order valence-electron chi connectivity index (χ2n) is 8.18. The van der Waals surface area contributed by atoms with Gasteiger partial charge in [-0.3, -0.25) is 14.3 Å². The number of H-pyrrole nitrogens is 1. The van der Waals surface area contributed by atoms with Gasteiger partial charge in [0.2, 0.25) is 0 Å². The van der Waals surface area contributed by atoms with Crippen LogP contribution >= 0.6 is 0 Å². The summed E-state index contributed by atoms with van der Waals surface area (Å²) in [6.45, 7) is 6.89. The van der Waals surface area contributed by atoms with E-state index < -0.39 is 11.9 Å². The highest BCUT2D eigenvalue weighted by Gasteiger charge is 2.20. The minimum Gasteiger partial charge on any atom is -0.367 e. The zero-order chi connectivity index (χ0) is 22.3. The number of aromatic amines is 1. The molecule has 31 heavy (non-hydrogen) atoms. The van der Waals surface area contributed by atoms with Gasteiger partial charge in [-0.1, -0.05) is 6.07 Å². The van der Waals surface area contributed by atoms with Gasteiger partial charge < -0.3 is 20.1 Å². The molecule has 1 saturated heterocycles. The van der Waals surface area contributed by atoms with Crippen LogP contribution in [-0.4, -0.2) is 58.8 Å². The van der Waals surface area contributed by atoms with Crippen molar-refractivity contribution in [2.75, 3.05) is 38.1 Å². The largest absolute Gasteiger partial charge is 0.367 e. The Morgan fingerprint density at radius 3 is 2.58 bits per heavy atom. The van der Waals surface area contributed by atoms with Gasteiger partial charge in [0.1, 0.15) is 17.2 Å². The Balaban J connectivity index is 1.51. The number of benzene rings is 1. The fourth-order valence-corrected chi connectivity index (χ4v) is 4.04. The zero-order valence-corrected chi connectivity index (χ0v) is 18.2. The molecule has 4 rings (SSSR count). The van der Waals surface area contributed by atoms with Crippen LogP contribution < -0.4 is 15.6 Å². The van der Waals surface area contributed by atoms with Gasteiger partial charge in [-0.15, -0.1) is 0 Å². The first kappa shape index (κ1) is 21.0. The van der Waals surface area contributed by atoms with Gasteiger partial charge >= 0.3 is 0 Å². The predicted molar refractivity (Wildman–Crippen MR) is 118 cm³/mol. The number of carbonyl (C=O) groups excluding carboxylic acids is 1. The fourth-order valence-electron chi connectivity index (χ4n) is 4.04. The maximum Gasteiger partial charge on any atom is 0.268 e. The van der Waals surface area contributed by atoms with E-state index in [0.717, 1.165) is 26.2 Å². The van der Waals surface area contributed by atoms with Crippen molar-refractivity contribution in [2.24, 2.45) is 7.05 Å². The van der Waals surface area contributed by atoms with Gasteiger partial charge in [0, 0.05) is 39.3 Å². The number of nitrogens with zero attached hydrogens (tertiary/aromatic N) is 4. The van der Waals surface area contributed by atoms with Crippen LogP contribution in [0.3, 0.4) is 0 Å². The zero-order valence-electron chi connectivity index (χ0n) is 18.2. The number of hydrogen-bond acceptors (Lipinski definition) is 5. The number of anilines is 1. The molecule has 2 N–H and O–H groups in total. The second kappa shape index (κ2) is 8.14. The number of aromatic nitrogens is 3. The van der Waals surface area contributed by atoms with Crippen LogP contribution in [0.5, 0.6) is 0 Å². The molecule has 1 aliphatic rings. The van der Waals surface area contributed by atoms with E-state index in [4.69, 9.17) is 0 Å². The van der Waals surface area contributed by atoms with Gasteiger partial charge in [0.25, 0.3) is 5.91 Å². The number of likely N-dealkylation sites (N-methyl/N-ethyl adjacent to an activating group) is 1. The normalized spacial score (nSPS) is 16.0. The summed E-state index contributed by atoms with van der Waals surface area (Å²) in [6.07, 6.45) is 0. The van der Waals surface area contributed by atoms with E-state index in [0.29, 0.717) is 28.0 Å². The number of rotatable bonds is 4. The van der Waals surface area contributed by atoms with Crippen molar-refractivity contribution >= 4 is 22.6 Å². The summed E-state index contributed by atoms with van der Waals surface area (Å²) in [7, 11) is 3.77. The summed E-state index contributed by atoms with van der Waals surface area (Å²) in [5.74, 6) is -0.739. The molecule has 1 aromatic carbocycles. The summed E-state index contributed by atoms with van der Waals surface area (Å²) < 4.78 is 16.3. The van der Waals surface area contributed by atoms with Gasteiger partial charge in [-0.05, 0) is 38.6 Å². The topological polar surface area (TPSA) is 86.3 Å². The first-order valence-electron chi connectivity index (χ1n) is 10.3. The average Bonchev–Trinajstić information content (AvgIpc) is 3.02. The first-order valence-corrected chi connectivity index (χ1v) is 10.3. The Hall–Kier alpha value is -3.20. The molecule has 3 heterocycles. The number of piperazine rings is 1. The number of nitrogens with one attached hydrogen (secondary N) is 2. The second-order valence-corrected chi connectivity index (χ2v) is 8.18. The Kier molecular flexibility index (Phi) is 5.53. The molecule has 2 aromatic heterocycles. The molecular formula is C22H27FN6O2. The van der Waals surface area contributed by atoms with Gasteiger partial charge in [0.05, 0.1) is 22.8 Å². The van der Waals surface area contributed by atoms with Crippen molar-refractivity contribution in [3.8, 4) is 0 Å². The lowest BCUT2D eigenvalue weighted by Gasteiger charge is -2.34. The van der Waals surface area contributed by atoms with Crippen molar-refractivity contribution in [1.29, 1.82) is 0 Å². The summed E-state index contributed by atoms with van der Waals surface area (Å²) in [5.41, 5.74) is 2.21. The first-order chi connectivity index (χ1) is 14.7. The fraction of sp³-hybridized carbons (Fsp3) is 0.409. The number of amides is 1. The Labute approximate surface area is 179 Å². The summed E-state index contributed by atoms with van der Waals surface area (Å²) in [4.78, 5) is 32.4. The molecule has 164 valence electrons. The molecular weight excluding hydrogens is 399 g/mol. The van der Waals surface area contributed by atoms with E-state index in [1.807, 2.05) is 11.0 Å². The lowest BCUT2D eigenvalue weighted by atomic mass is 10.1. The molecule has 0 saturated carbocycles. The van der Waals surface area contributed by atoms with Gasteiger partial charge in [-0.2, -0.15) is 5.10 Å². The molecule has 3 aromatic rings. The molecule has 1 atom stereocenters. The summed E-state index contributed by atoms with van der Waals surface area (Å²) in [5, 5.41) is 7.53. The molecule has 1 unspecified atom stereocenters. The van der Waals surface area contributed by atoms with Crippen molar-refractivity contribution in [3.63, 3.8) is 0 Å². The average molecular weight is 426 g/mol. The minimum absolute atomic E-state index is 0.141. The predicted octanol–water partition coefficient (Wildman–Crippen LogP) is 1.95. The van der Waals surface area contributed by atoms with Crippen molar-refractivity contribution in [1.82, 2.24) is 25.0 Å². The maximum atomic E-state index is 14.8. The molecule has 1 fully saturated rings. The number of hydrogen-bond donors (Lipinski definition) is 2. The van der Waals surface area contributed by atoms with Crippen LogP contribution in [0.1, 0.15) is 34.7 Å². The molecule has 0 spiro atoms. The van der Waals surface area contributed by atoms with E-state index >= 15 is 0 Å². The van der Waals surface area contributed by atoms with Crippen LogP contribution in [0.15, 0.2) is 29.1 Å². The highest BCUT2D eigenvalue weighted by Crippen LogP contribution is 2.24. The lowest BCUT2D eigenvalue weighted by molar-refractivity contribution is 0.0935. The SMILES string of the molecule is Cc1nn(C)c2[nH]c(C(=O)NC(C)c3ccc(N4CCN(C)CC4)c(F)c3)cc(=O)c12. The van der Waals surface area contributed by atoms with Crippen LogP contribution in [-0.2, 0) is 7.05 Å². The number of fused-ring (bicyclic) bond motifs is 1. The summed E-state index contributed by atoms with van der Waals surface area (Å²) >= 11 is 0. The third-order valence-corrected chi connectivity index (χ3v) is 5.91. The smallest absolute Gasteiger partial charge is 0.268 e. The molecule has 1 aliphatic heterocycles. The van der Waals surface area contributed by atoms with Gasteiger partial charge in [-0.25, -0.2) is 4.39 Å². The van der Waals surface area contributed by atoms with Crippen molar-refractivity contribution < 1.29 is 9.18 Å². The summed E-state index contributed by atoms with van der Waals surface area (Å²) in [6, 6.07) is 5.91. The van der Waals surface area contributed by atoms with E-state index in [1.54, 1.807) is 31.6 Å². The van der Waals surface area contributed by atoms with Gasteiger partial charge in [0.15, 0.2) is 5.43 Å². The van der Waals surface area contributed by atoms with Crippen LogP contribution in [0.25, 0.3) is 11.0 Å². The van der Waals surface area contributed by atoms with Crippen LogP contribution in [0.2, 0.25) is 0 Å². The molecule has 0 bridgehead atoms. The maximum absolute atomic E-state index is 14.8. The van der Waals surface area contributed by atoms with Crippen LogP contribution in [0, 0.1) is 12.7 Å². The Bertz CT molecular complexity index is 1190. The van der Waals surface area contributed by atoms with E-state index in [-0.39, 0.29) is 16.9 Å². The van der Waals surface area contributed by atoms with Crippen molar-refractivity contribution in [2.45, 2.75) is 19.9 Å². The lowest BCUT2D eigenvalue weighted by Crippen LogP contribution is -2.44. The van der Waals surface area contributed by atoms with E-state index in [1.165, 1.54) is 12.1 Å². The molecule has 9 heteroatoms. The number of halogens is 1. The quantitative estimate of drug-likeness (QED) is 0.666. The standard InChI is InChI=1S/C22H27FN6O2/c1-13(15-5-6-18(16(23)11-15)29-9-7-27(3)8-10-29)24-22(31)17-12-19(30)20-14(2)26-28(4)21(20)25-17/h5-6,11-13H,7-10H2,1-4H3,(H,24,31)(H,25,30). The molecule has 1 amide bonds. The third kappa shape index (κ3) is 4.05. The van der Waals surface area contributed by atoms with Crippen LogP contribution in [0.4, 0.5) is 10.1 Å². The number of carbonyl (C=O) groups is 1.